The fourth-order valence-corrected chi connectivity index (χ4v) is 5.24. The van der Waals surface area contributed by atoms with Crippen molar-refractivity contribution in [1.82, 2.24) is 10.6 Å². The maximum atomic E-state index is 11.6. The molecule has 1 aliphatic rings. The molecule has 1 atom stereocenters. The fourth-order valence-electron chi connectivity index (χ4n) is 2.21. The van der Waals surface area contributed by atoms with Gasteiger partial charge in [-0.25, -0.2) is 4.79 Å². The van der Waals surface area contributed by atoms with Crippen molar-refractivity contribution >= 4 is 39.5 Å². The van der Waals surface area contributed by atoms with Gasteiger partial charge in [0.2, 0.25) is 0 Å². The molecular weight excluding hydrogens is 364 g/mol. The first-order valence-corrected chi connectivity index (χ1v) is 10.6. The highest BCUT2D eigenvalue weighted by molar-refractivity contribution is 8.77. The SMILES string of the molecule is O=C(COC(=O)CCCC[C@@H]1CCSS1)NC(=O)NCc1ccco1. The van der Waals surface area contributed by atoms with E-state index in [4.69, 9.17) is 9.15 Å². The molecule has 7 nitrogen and oxygen atoms in total. The van der Waals surface area contributed by atoms with Gasteiger partial charge in [0.1, 0.15) is 5.76 Å². The lowest BCUT2D eigenvalue weighted by Gasteiger charge is -2.08. The topological polar surface area (TPSA) is 97.6 Å². The third-order valence-corrected chi connectivity index (χ3v) is 6.51. The molecule has 0 bridgehead atoms. The molecule has 3 amide bonds. The molecule has 1 aliphatic heterocycles. The van der Waals surface area contributed by atoms with Gasteiger partial charge in [-0.2, -0.15) is 0 Å². The number of hydrogen-bond acceptors (Lipinski definition) is 7. The number of unbranched alkanes of at least 4 members (excludes halogenated alkanes) is 1. The molecule has 25 heavy (non-hydrogen) atoms. The van der Waals surface area contributed by atoms with Crippen LogP contribution in [0.3, 0.4) is 0 Å². The van der Waals surface area contributed by atoms with Crippen LogP contribution in [0, 0.1) is 0 Å². The molecule has 2 heterocycles. The Morgan fingerprint density at radius 3 is 2.92 bits per heavy atom. The Labute approximate surface area is 154 Å². The van der Waals surface area contributed by atoms with E-state index in [2.05, 4.69) is 10.6 Å². The Kier molecular flexibility index (Phi) is 8.75. The van der Waals surface area contributed by atoms with E-state index in [-0.39, 0.29) is 6.54 Å². The van der Waals surface area contributed by atoms with E-state index in [1.54, 1.807) is 12.1 Å². The minimum absolute atomic E-state index is 0.170. The first-order chi connectivity index (χ1) is 12.1. The Morgan fingerprint density at radius 1 is 1.32 bits per heavy atom. The van der Waals surface area contributed by atoms with E-state index in [0.717, 1.165) is 19.3 Å². The minimum atomic E-state index is -0.663. The normalized spacial score (nSPS) is 16.4. The van der Waals surface area contributed by atoms with Gasteiger partial charge in [-0.1, -0.05) is 28.0 Å². The number of furan rings is 1. The lowest BCUT2D eigenvalue weighted by molar-refractivity contribution is -0.148. The summed E-state index contributed by atoms with van der Waals surface area (Å²) < 4.78 is 9.92. The zero-order valence-corrected chi connectivity index (χ0v) is 15.5. The second kappa shape index (κ2) is 11.1. The molecule has 138 valence electrons. The van der Waals surface area contributed by atoms with Gasteiger partial charge in [-0.05, 0) is 31.4 Å². The van der Waals surface area contributed by atoms with Gasteiger partial charge >= 0.3 is 12.0 Å². The van der Waals surface area contributed by atoms with Gasteiger partial charge in [0, 0.05) is 17.4 Å². The van der Waals surface area contributed by atoms with E-state index in [1.807, 2.05) is 21.6 Å². The fraction of sp³-hybridized carbons (Fsp3) is 0.562. The van der Waals surface area contributed by atoms with Crippen LogP contribution in [0.15, 0.2) is 22.8 Å². The van der Waals surface area contributed by atoms with Gasteiger partial charge in [-0.3, -0.25) is 14.9 Å². The number of urea groups is 1. The van der Waals surface area contributed by atoms with Gasteiger partial charge < -0.3 is 14.5 Å². The van der Waals surface area contributed by atoms with E-state index in [0.29, 0.717) is 17.4 Å². The summed E-state index contributed by atoms with van der Waals surface area (Å²) in [4.78, 5) is 34.6. The first-order valence-electron chi connectivity index (χ1n) is 8.17. The number of carbonyl (C=O) groups excluding carboxylic acids is 3. The predicted molar refractivity (Wildman–Crippen MR) is 97.0 cm³/mol. The van der Waals surface area contributed by atoms with Crippen LogP contribution in [-0.4, -0.2) is 35.5 Å². The summed E-state index contributed by atoms with van der Waals surface area (Å²) in [5, 5.41) is 5.25. The van der Waals surface area contributed by atoms with Crippen molar-refractivity contribution < 1.29 is 23.5 Å². The van der Waals surface area contributed by atoms with Crippen LogP contribution in [0.25, 0.3) is 0 Å². The average Bonchev–Trinajstić information content (AvgIpc) is 3.28. The molecule has 1 fully saturated rings. The zero-order valence-electron chi connectivity index (χ0n) is 13.8. The van der Waals surface area contributed by atoms with Crippen LogP contribution in [0.1, 0.15) is 37.9 Å². The molecule has 0 aliphatic carbocycles. The van der Waals surface area contributed by atoms with Crippen molar-refractivity contribution in [1.29, 1.82) is 0 Å². The standard InChI is InChI=1S/C16H22N2O5S2/c19-14(18-16(21)17-10-12-4-3-8-22-12)11-23-15(20)6-2-1-5-13-7-9-24-25-13/h3-4,8,13H,1-2,5-7,9-11H2,(H2,17,18,19,21)/t13-/m1/s1. The lowest BCUT2D eigenvalue weighted by Crippen LogP contribution is -2.41. The Bertz CT molecular complexity index is 559. The summed E-state index contributed by atoms with van der Waals surface area (Å²) in [6.45, 7) is -0.286. The lowest BCUT2D eigenvalue weighted by atomic mass is 10.1. The molecule has 0 radical (unpaired) electrons. The van der Waals surface area contributed by atoms with Crippen LogP contribution in [0.2, 0.25) is 0 Å². The maximum Gasteiger partial charge on any atom is 0.321 e. The molecule has 1 aromatic rings. The molecule has 0 unspecified atom stereocenters. The monoisotopic (exact) mass is 386 g/mol. The Hall–Kier alpha value is -1.61. The van der Waals surface area contributed by atoms with Crippen LogP contribution < -0.4 is 10.6 Å². The molecule has 2 rings (SSSR count). The van der Waals surface area contributed by atoms with Crippen molar-refractivity contribution in [3.63, 3.8) is 0 Å². The summed E-state index contributed by atoms with van der Waals surface area (Å²) >= 11 is 0. The molecule has 0 aromatic carbocycles. The first kappa shape index (κ1) is 19.7. The van der Waals surface area contributed by atoms with Gasteiger partial charge in [0.05, 0.1) is 12.8 Å². The average molecular weight is 386 g/mol. The quantitative estimate of drug-likeness (QED) is 0.382. The largest absolute Gasteiger partial charge is 0.467 e. The molecule has 0 spiro atoms. The maximum absolute atomic E-state index is 11.6. The molecule has 9 heteroatoms. The van der Waals surface area contributed by atoms with E-state index >= 15 is 0 Å². The minimum Gasteiger partial charge on any atom is -0.467 e. The number of esters is 1. The zero-order chi connectivity index (χ0) is 17.9. The van der Waals surface area contributed by atoms with E-state index in [9.17, 15) is 14.4 Å². The molecular formula is C16H22N2O5S2. The second-order valence-electron chi connectivity index (χ2n) is 5.55. The summed E-state index contributed by atoms with van der Waals surface area (Å²) in [6.07, 6.45) is 5.87. The highest BCUT2D eigenvalue weighted by Gasteiger charge is 2.16. The number of carbonyl (C=O) groups is 3. The second-order valence-corrected chi connectivity index (χ2v) is 8.33. The number of imide groups is 1. The van der Waals surface area contributed by atoms with E-state index < -0.39 is 24.5 Å². The Balaban J connectivity index is 1.48. The molecule has 0 saturated carbocycles. The molecule has 1 saturated heterocycles. The van der Waals surface area contributed by atoms with E-state index in [1.165, 1.54) is 18.4 Å². The highest BCUT2D eigenvalue weighted by Crippen LogP contribution is 2.39. The smallest absolute Gasteiger partial charge is 0.321 e. The number of rotatable bonds is 9. The summed E-state index contributed by atoms with van der Waals surface area (Å²) in [7, 11) is 3.84. The number of nitrogens with one attached hydrogen (secondary N) is 2. The predicted octanol–water partition coefficient (Wildman–Crippen LogP) is 2.86. The van der Waals surface area contributed by atoms with Gasteiger partial charge in [-0.15, -0.1) is 0 Å². The third-order valence-electron chi connectivity index (χ3n) is 3.50. The third kappa shape index (κ3) is 8.35. The van der Waals surface area contributed by atoms with Crippen molar-refractivity contribution in [3.05, 3.63) is 24.2 Å². The van der Waals surface area contributed by atoms with Crippen molar-refractivity contribution in [2.24, 2.45) is 0 Å². The molecule has 2 N–H and O–H groups in total. The number of ether oxygens (including phenoxy) is 1. The summed E-state index contributed by atoms with van der Waals surface area (Å²) in [5.41, 5.74) is 0. The van der Waals surface area contributed by atoms with Crippen molar-refractivity contribution in [2.75, 3.05) is 12.4 Å². The summed E-state index contributed by atoms with van der Waals surface area (Å²) in [6, 6.07) is 2.74. The van der Waals surface area contributed by atoms with Crippen molar-refractivity contribution in [3.8, 4) is 0 Å². The van der Waals surface area contributed by atoms with Crippen molar-refractivity contribution in [2.45, 2.75) is 43.9 Å². The van der Waals surface area contributed by atoms with Crippen LogP contribution in [0.4, 0.5) is 4.79 Å². The van der Waals surface area contributed by atoms with Crippen LogP contribution >= 0.6 is 21.6 Å². The van der Waals surface area contributed by atoms with Crippen LogP contribution in [0.5, 0.6) is 0 Å². The number of hydrogen-bond donors (Lipinski definition) is 2. The van der Waals surface area contributed by atoms with Gasteiger partial charge in [0.25, 0.3) is 5.91 Å². The Morgan fingerprint density at radius 2 is 2.20 bits per heavy atom. The highest BCUT2D eigenvalue weighted by atomic mass is 33.1. The van der Waals surface area contributed by atoms with Gasteiger partial charge in [0.15, 0.2) is 6.61 Å². The van der Waals surface area contributed by atoms with Crippen LogP contribution in [-0.2, 0) is 20.9 Å². The number of amides is 3. The molecule has 1 aromatic heterocycles. The summed E-state index contributed by atoms with van der Waals surface area (Å²) in [5.74, 6) is 0.703.